The van der Waals surface area contributed by atoms with Gasteiger partial charge >= 0.3 is 11.8 Å². The molecule has 0 unspecified atom stereocenters. The first kappa shape index (κ1) is 20.6. The van der Waals surface area contributed by atoms with Gasteiger partial charge in [-0.25, -0.2) is 8.42 Å². The zero-order chi connectivity index (χ0) is 21.0. The number of sulfonamides is 1. The summed E-state index contributed by atoms with van der Waals surface area (Å²) in [6.07, 6.45) is 2.91. The molecular formula is C21H23N3O4S. The molecule has 3 rings (SSSR count). The minimum atomic E-state index is -3.74. The number of hydrogen-bond acceptors (Lipinski definition) is 4. The molecule has 7 nitrogen and oxygen atoms in total. The standard InChI is InChI=1S/C21H23N3O4S/c1-3-12-22-20(25)21(26)23-17-9-8-16-5-4-13-24(19(16)14-17)29(27,28)18-10-6-15(2)7-11-18/h3,6-11,14H,1,4-5,12-13H2,2H3,(H,22,25)(H,23,26). The van der Waals surface area contributed by atoms with Crippen molar-refractivity contribution in [2.75, 3.05) is 22.7 Å². The van der Waals surface area contributed by atoms with Crippen molar-refractivity contribution < 1.29 is 18.0 Å². The van der Waals surface area contributed by atoms with E-state index in [-0.39, 0.29) is 11.4 Å². The van der Waals surface area contributed by atoms with E-state index in [0.717, 1.165) is 17.5 Å². The Morgan fingerprint density at radius 1 is 1.14 bits per heavy atom. The van der Waals surface area contributed by atoms with Crippen LogP contribution in [-0.4, -0.2) is 33.3 Å². The average molecular weight is 413 g/mol. The van der Waals surface area contributed by atoms with Crippen LogP contribution in [0.15, 0.2) is 60.0 Å². The van der Waals surface area contributed by atoms with Crippen LogP contribution in [0.2, 0.25) is 0 Å². The Bertz CT molecular complexity index is 1050. The van der Waals surface area contributed by atoms with E-state index in [1.807, 2.05) is 6.92 Å². The number of nitrogens with one attached hydrogen (secondary N) is 2. The number of aryl methyl sites for hydroxylation is 2. The van der Waals surface area contributed by atoms with Crippen LogP contribution in [0.25, 0.3) is 0 Å². The topological polar surface area (TPSA) is 95.6 Å². The molecule has 1 aliphatic rings. The molecule has 2 amide bonds. The highest BCUT2D eigenvalue weighted by atomic mass is 32.2. The molecule has 152 valence electrons. The number of amides is 2. The number of carbonyl (C=O) groups excluding carboxylic acids is 2. The molecule has 0 radical (unpaired) electrons. The van der Waals surface area contributed by atoms with Crippen molar-refractivity contribution in [3.63, 3.8) is 0 Å². The molecule has 1 aliphatic heterocycles. The minimum Gasteiger partial charge on any atom is -0.344 e. The number of fused-ring (bicyclic) bond motifs is 1. The van der Waals surface area contributed by atoms with Gasteiger partial charge in [0.2, 0.25) is 0 Å². The fraction of sp³-hybridized carbons (Fsp3) is 0.238. The lowest BCUT2D eigenvalue weighted by Gasteiger charge is -2.31. The summed E-state index contributed by atoms with van der Waals surface area (Å²) in [5.74, 6) is -1.61. The normalized spacial score (nSPS) is 13.3. The number of rotatable bonds is 5. The SMILES string of the molecule is C=CCNC(=O)C(=O)Nc1ccc2c(c1)N(S(=O)(=O)c1ccc(C)cc1)CCC2. The van der Waals surface area contributed by atoms with Gasteiger partial charge in [-0.05, 0) is 49.6 Å². The van der Waals surface area contributed by atoms with Crippen LogP contribution in [0.5, 0.6) is 0 Å². The third kappa shape index (κ3) is 4.48. The smallest absolute Gasteiger partial charge is 0.313 e. The Morgan fingerprint density at radius 3 is 2.55 bits per heavy atom. The van der Waals surface area contributed by atoms with Crippen LogP contribution >= 0.6 is 0 Å². The van der Waals surface area contributed by atoms with Crippen LogP contribution in [0, 0.1) is 6.92 Å². The zero-order valence-corrected chi connectivity index (χ0v) is 17.0. The van der Waals surface area contributed by atoms with Crippen LogP contribution < -0.4 is 14.9 Å². The monoisotopic (exact) mass is 413 g/mol. The average Bonchev–Trinajstić information content (AvgIpc) is 2.71. The first-order valence-electron chi connectivity index (χ1n) is 9.25. The summed E-state index contributed by atoms with van der Waals surface area (Å²) in [5.41, 5.74) is 2.72. The van der Waals surface area contributed by atoms with Gasteiger partial charge in [-0.3, -0.25) is 13.9 Å². The molecule has 2 aromatic carbocycles. The van der Waals surface area contributed by atoms with Gasteiger partial charge in [0.25, 0.3) is 10.0 Å². The fourth-order valence-electron chi connectivity index (χ4n) is 3.14. The molecule has 0 atom stereocenters. The lowest BCUT2D eigenvalue weighted by Crippen LogP contribution is -2.36. The zero-order valence-electron chi connectivity index (χ0n) is 16.1. The lowest BCUT2D eigenvalue weighted by atomic mass is 10.0. The van der Waals surface area contributed by atoms with Crippen molar-refractivity contribution in [1.29, 1.82) is 0 Å². The second-order valence-electron chi connectivity index (χ2n) is 6.79. The second kappa shape index (κ2) is 8.48. The number of anilines is 2. The predicted molar refractivity (Wildman–Crippen MR) is 112 cm³/mol. The fourth-order valence-corrected chi connectivity index (χ4v) is 4.67. The largest absolute Gasteiger partial charge is 0.344 e. The number of benzene rings is 2. The maximum atomic E-state index is 13.2. The van der Waals surface area contributed by atoms with Gasteiger partial charge < -0.3 is 10.6 Å². The van der Waals surface area contributed by atoms with Gasteiger partial charge in [0.05, 0.1) is 10.6 Å². The maximum absolute atomic E-state index is 13.2. The van der Waals surface area contributed by atoms with Crippen LogP contribution in [0.3, 0.4) is 0 Å². The van der Waals surface area contributed by atoms with Gasteiger partial charge in [0.15, 0.2) is 0 Å². The summed E-state index contributed by atoms with van der Waals surface area (Å²) in [7, 11) is -3.74. The minimum absolute atomic E-state index is 0.180. The Hall–Kier alpha value is -3.13. The van der Waals surface area contributed by atoms with Gasteiger partial charge in [-0.2, -0.15) is 0 Å². The quantitative estimate of drug-likeness (QED) is 0.581. The summed E-state index contributed by atoms with van der Waals surface area (Å²) in [6, 6.07) is 11.7. The van der Waals surface area contributed by atoms with E-state index in [9.17, 15) is 18.0 Å². The van der Waals surface area contributed by atoms with E-state index in [4.69, 9.17) is 0 Å². The van der Waals surface area contributed by atoms with Gasteiger partial charge in [-0.15, -0.1) is 6.58 Å². The van der Waals surface area contributed by atoms with Crippen molar-refractivity contribution in [2.24, 2.45) is 0 Å². The van der Waals surface area contributed by atoms with Gasteiger partial charge in [0, 0.05) is 18.8 Å². The number of nitrogens with zero attached hydrogens (tertiary/aromatic N) is 1. The first-order valence-corrected chi connectivity index (χ1v) is 10.7. The van der Waals surface area contributed by atoms with Crippen molar-refractivity contribution in [3.05, 3.63) is 66.2 Å². The van der Waals surface area contributed by atoms with Crippen molar-refractivity contribution >= 4 is 33.2 Å². The number of hydrogen-bond donors (Lipinski definition) is 2. The summed E-state index contributed by atoms with van der Waals surface area (Å²) in [4.78, 5) is 24.0. The molecule has 2 aromatic rings. The summed E-state index contributed by atoms with van der Waals surface area (Å²) in [6.45, 7) is 5.90. The van der Waals surface area contributed by atoms with E-state index >= 15 is 0 Å². The van der Waals surface area contributed by atoms with E-state index < -0.39 is 21.8 Å². The maximum Gasteiger partial charge on any atom is 0.313 e. The van der Waals surface area contributed by atoms with Crippen LogP contribution in [0.1, 0.15) is 17.5 Å². The highest BCUT2D eigenvalue weighted by Crippen LogP contribution is 2.34. The summed E-state index contributed by atoms with van der Waals surface area (Å²) < 4.78 is 27.7. The Morgan fingerprint density at radius 2 is 1.86 bits per heavy atom. The molecule has 1 heterocycles. The molecule has 0 aromatic heterocycles. The molecule has 0 fully saturated rings. The Kier molecular flexibility index (Phi) is 6.03. The molecular weight excluding hydrogens is 390 g/mol. The van der Waals surface area contributed by atoms with Crippen molar-refractivity contribution in [2.45, 2.75) is 24.7 Å². The van der Waals surface area contributed by atoms with Crippen LogP contribution in [-0.2, 0) is 26.0 Å². The predicted octanol–water partition coefficient (Wildman–Crippen LogP) is 2.38. The first-order chi connectivity index (χ1) is 13.8. The third-order valence-corrected chi connectivity index (χ3v) is 6.47. The van der Waals surface area contributed by atoms with Crippen molar-refractivity contribution in [3.8, 4) is 0 Å². The molecule has 0 bridgehead atoms. The Balaban J connectivity index is 1.89. The third-order valence-electron chi connectivity index (χ3n) is 4.64. The Labute approximate surface area is 170 Å². The highest BCUT2D eigenvalue weighted by Gasteiger charge is 2.29. The number of carbonyl (C=O) groups is 2. The van der Waals surface area contributed by atoms with Crippen LogP contribution in [0.4, 0.5) is 11.4 Å². The molecule has 0 saturated carbocycles. The highest BCUT2D eigenvalue weighted by molar-refractivity contribution is 7.92. The summed E-state index contributed by atoms with van der Waals surface area (Å²) in [5, 5.41) is 4.91. The molecule has 29 heavy (non-hydrogen) atoms. The molecule has 2 N–H and O–H groups in total. The van der Waals surface area contributed by atoms with E-state index in [2.05, 4.69) is 17.2 Å². The molecule has 0 saturated heterocycles. The van der Waals surface area contributed by atoms with Gasteiger partial charge in [0.1, 0.15) is 0 Å². The molecule has 0 aliphatic carbocycles. The molecule has 8 heteroatoms. The molecule has 0 spiro atoms. The second-order valence-corrected chi connectivity index (χ2v) is 8.65. The van der Waals surface area contributed by atoms with Gasteiger partial charge in [-0.1, -0.05) is 29.8 Å². The lowest BCUT2D eigenvalue weighted by molar-refractivity contribution is -0.136. The van der Waals surface area contributed by atoms with E-state index in [1.165, 1.54) is 10.4 Å². The van der Waals surface area contributed by atoms with Crippen molar-refractivity contribution in [1.82, 2.24) is 5.32 Å². The van der Waals surface area contributed by atoms with E-state index in [1.54, 1.807) is 42.5 Å². The van der Waals surface area contributed by atoms with E-state index in [0.29, 0.717) is 24.3 Å². The summed E-state index contributed by atoms with van der Waals surface area (Å²) >= 11 is 0.